The first kappa shape index (κ1) is 9.30. The lowest BCUT2D eigenvalue weighted by molar-refractivity contribution is -0.117. The fourth-order valence-electron chi connectivity index (χ4n) is 1.89. The number of rotatable bonds is 0. The van der Waals surface area contributed by atoms with Gasteiger partial charge in [0.15, 0.2) is 11.6 Å². The minimum atomic E-state index is -0.908. The van der Waals surface area contributed by atoms with Crippen molar-refractivity contribution in [3.05, 3.63) is 23.3 Å². The number of ketones is 2. The highest BCUT2D eigenvalue weighted by atomic mass is 16.3. The molecule has 0 heterocycles. The van der Waals surface area contributed by atoms with Crippen molar-refractivity contribution in [3.63, 3.8) is 0 Å². The second-order valence-corrected chi connectivity index (χ2v) is 3.50. The molecular formula is C10H10O4. The maximum atomic E-state index is 11.4. The molecule has 0 radical (unpaired) electrons. The predicted octanol–water partition coefficient (Wildman–Crippen LogP) is -0.493. The highest BCUT2D eigenvalue weighted by Gasteiger charge is 2.35. The summed E-state index contributed by atoms with van der Waals surface area (Å²) in [4.78, 5) is 22.7. The Morgan fingerprint density at radius 3 is 1.64 bits per heavy atom. The van der Waals surface area contributed by atoms with E-state index < -0.39 is 12.2 Å². The van der Waals surface area contributed by atoms with Gasteiger partial charge in [0.25, 0.3) is 0 Å². The molecule has 0 aromatic carbocycles. The van der Waals surface area contributed by atoms with Gasteiger partial charge >= 0.3 is 0 Å². The highest BCUT2D eigenvalue weighted by Crippen LogP contribution is 2.29. The summed E-state index contributed by atoms with van der Waals surface area (Å²) in [5.41, 5.74) is 0.160. The predicted molar refractivity (Wildman–Crippen MR) is 47.4 cm³/mol. The topological polar surface area (TPSA) is 74.6 Å². The maximum Gasteiger partial charge on any atom is 0.185 e. The normalized spacial score (nSPS) is 32.1. The second-order valence-electron chi connectivity index (χ2n) is 3.50. The molecule has 0 aliphatic heterocycles. The summed E-state index contributed by atoms with van der Waals surface area (Å²) in [6.45, 7) is 0. The van der Waals surface area contributed by atoms with Crippen LogP contribution >= 0.6 is 0 Å². The van der Waals surface area contributed by atoms with E-state index in [0.717, 1.165) is 12.2 Å². The van der Waals surface area contributed by atoms with E-state index in [1.807, 2.05) is 0 Å². The van der Waals surface area contributed by atoms with Crippen LogP contribution in [-0.4, -0.2) is 34.0 Å². The second kappa shape index (κ2) is 3.15. The van der Waals surface area contributed by atoms with Crippen molar-refractivity contribution in [3.8, 4) is 0 Å². The number of aliphatic hydroxyl groups excluding tert-OH is 2. The molecule has 14 heavy (non-hydrogen) atoms. The van der Waals surface area contributed by atoms with Crippen LogP contribution in [0.25, 0.3) is 0 Å². The summed E-state index contributed by atoms with van der Waals surface area (Å²) in [6.07, 6.45) is 1.12. The van der Waals surface area contributed by atoms with Gasteiger partial charge in [0, 0.05) is 11.1 Å². The summed E-state index contributed by atoms with van der Waals surface area (Å²) >= 11 is 0. The van der Waals surface area contributed by atoms with E-state index in [-0.39, 0.29) is 22.7 Å². The van der Waals surface area contributed by atoms with Crippen molar-refractivity contribution in [2.24, 2.45) is 0 Å². The first-order chi connectivity index (χ1) is 6.61. The Morgan fingerprint density at radius 1 is 0.929 bits per heavy atom. The van der Waals surface area contributed by atoms with Crippen molar-refractivity contribution in [1.82, 2.24) is 0 Å². The molecule has 4 nitrogen and oxygen atoms in total. The molecule has 2 unspecified atom stereocenters. The molecule has 0 aromatic heterocycles. The number of hydrogen-bond acceptors (Lipinski definition) is 4. The third-order valence-electron chi connectivity index (χ3n) is 2.59. The molecule has 0 saturated carbocycles. The fraction of sp³-hybridized carbons (Fsp3) is 0.400. The number of aliphatic hydroxyl groups is 2. The minimum Gasteiger partial charge on any atom is -0.388 e. The van der Waals surface area contributed by atoms with Crippen LogP contribution < -0.4 is 0 Å². The first-order valence-corrected chi connectivity index (χ1v) is 4.48. The number of hydrogen-bond donors (Lipinski definition) is 2. The number of allylic oxidation sites excluding steroid dienone is 2. The van der Waals surface area contributed by atoms with E-state index in [1.54, 1.807) is 0 Å². The van der Waals surface area contributed by atoms with Crippen LogP contribution in [-0.2, 0) is 9.59 Å². The number of carbonyl (C=O) groups excluding carboxylic acids is 2. The molecular weight excluding hydrogens is 184 g/mol. The fourth-order valence-corrected chi connectivity index (χ4v) is 1.89. The third kappa shape index (κ3) is 1.23. The SMILES string of the molecule is O=C1C=CC(=O)C2=C1C(O)CCC2O. The van der Waals surface area contributed by atoms with Crippen molar-refractivity contribution < 1.29 is 19.8 Å². The van der Waals surface area contributed by atoms with Gasteiger partial charge in [-0.15, -0.1) is 0 Å². The van der Waals surface area contributed by atoms with Gasteiger partial charge in [0.1, 0.15) is 0 Å². The largest absolute Gasteiger partial charge is 0.388 e. The van der Waals surface area contributed by atoms with E-state index in [1.165, 1.54) is 0 Å². The van der Waals surface area contributed by atoms with Gasteiger partial charge in [-0.25, -0.2) is 0 Å². The highest BCUT2D eigenvalue weighted by molar-refractivity contribution is 6.21. The average Bonchev–Trinajstić information content (AvgIpc) is 2.16. The van der Waals surface area contributed by atoms with E-state index in [0.29, 0.717) is 12.8 Å². The minimum absolute atomic E-state index is 0.0799. The molecule has 0 bridgehead atoms. The van der Waals surface area contributed by atoms with Gasteiger partial charge in [-0.1, -0.05) is 0 Å². The lowest BCUT2D eigenvalue weighted by Gasteiger charge is -2.27. The first-order valence-electron chi connectivity index (χ1n) is 4.48. The molecule has 2 N–H and O–H groups in total. The molecule has 2 rings (SSSR count). The molecule has 0 aromatic rings. The Labute approximate surface area is 80.5 Å². The van der Waals surface area contributed by atoms with Crippen LogP contribution in [0.5, 0.6) is 0 Å². The van der Waals surface area contributed by atoms with Crippen molar-refractivity contribution in [1.29, 1.82) is 0 Å². The quantitative estimate of drug-likeness (QED) is 0.510. The molecule has 2 aliphatic carbocycles. The van der Waals surface area contributed by atoms with Crippen LogP contribution in [0.1, 0.15) is 12.8 Å². The standard InChI is InChI=1S/C10H10O4/c11-5-1-2-6(12)10-8(14)4-3-7(13)9(5)10/h1-2,7-8,13-14H,3-4H2. The molecule has 0 saturated heterocycles. The zero-order chi connectivity index (χ0) is 10.3. The van der Waals surface area contributed by atoms with Gasteiger partial charge in [-0.3, -0.25) is 9.59 Å². The van der Waals surface area contributed by atoms with Crippen molar-refractivity contribution >= 4 is 11.6 Å². The van der Waals surface area contributed by atoms with Crippen molar-refractivity contribution in [2.45, 2.75) is 25.0 Å². The average molecular weight is 194 g/mol. The summed E-state index contributed by atoms with van der Waals surface area (Å²) in [7, 11) is 0. The van der Waals surface area contributed by atoms with E-state index in [9.17, 15) is 19.8 Å². The lowest BCUT2D eigenvalue weighted by atomic mass is 9.80. The van der Waals surface area contributed by atoms with Crippen LogP contribution in [0.4, 0.5) is 0 Å². The molecule has 2 atom stereocenters. The molecule has 74 valence electrons. The molecule has 0 fully saturated rings. The van der Waals surface area contributed by atoms with Gasteiger partial charge in [-0.05, 0) is 25.0 Å². The van der Waals surface area contributed by atoms with E-state index in [4.69, 9.17) is 0 Å². The van der Waals surface area contributed by atoms with Gasteiger partial charge in [0.05, 0.1) is 12.2 Å². The number of carbonyl (C=O) groups is 2. The Bertz CT molecular complexity index is 330. The summed E-state index contributed by atoms with van der Waals surface area (Å²) in [5, 5.41) is 19.1. The third-order valence-corrected chi connectivity index (χ3v) is 2.59. The van der Waals surface area contributed by atoms with Crippen LogP contribution in [0.3, 0.4) is 0 Å². The smallest absolute Gasteiger partial charge is 0.185 e. The zero-order valence-corrected chi connectivity index (χ0v) is 7.43. The zero-order valence-electron chi connectivity index (χ0n) is 7.43. The Morgan fingerprint density at radius 2 is 1.29 bits per heavy atom. The monoisotopic (exact) mass is 194 g/mol. The van der Waals surface area contributed by atoms with Crippen LogP contribution in [0, 0.1) is 0 Å². The maximum absolute atomic E-state index is 11.4. The summed E-state index contributed by atoms with van der Waals surface area (Å²) in [5.74, 6) is -0.739. The Hall–Kier alpha value is -1.26. The van der Waals surface area contributed by atoms with Crippen LogP contribution in [0.15, 0.2) is 23.3 Å². The van der Waals surface area contributed by atoms with E-state index in [2.05, 4.69) is 0 Å². The Balaban J connectivity index is 2.53. The molecule has 0 spiro atoms. The molecule has 2 aliphatic rings. The Kier molecular flexibility index (Phi) is 2.09. The molecule has 0 amide bonds. The van der Waals surface area contributed by atoms with Crippen molar-refractivity contribution in [2.75, 3.05) is 0 Å². The van der Waals surface area contributed by atoms with Gasteiger partial charge in [-0.2, -0.15) is 0 Å². The lowest BCUT2D eigenvalue weighted by Crippen LogP contribution is -2.35. The molecule has 4 heteroatoms. The summed E-state index contributed by atoms with van der Waals surface area (Å²) < 4.78 is 0. The van der Waals surface area contributed by atoms with Gasteiger partial charge < -0.3 is 10.2 Å². The van der Waals surface area contributed by atoms with E-state index >= 15 is 0 Å². The van der Waals surface area contributed by atoms with Crippen LogP contribution in [0.2, 0.25) is 0 Å². The summed E-state index contributed by atoms with van der Waals surface area (Å²) in [6, 6.07) is 0. The van der Waals surface area contributed by atoms with Gasteiger partial charge in [0.2, 0.25) is 0 Å².